The molecular formula is C44H48N5O6PS. The number of aryl methyl sites for hydroxylation is 2. The molecule has 6 aromatic rings. The molecule has 11 nitrogen and oxygen atoms in total. The Morgan fingerprint density at radius 1 is 0.947 bits per heavy atom. The molecule has 0 saturated carbocycles. The van der Waals surface area contributed by atoms with Gasteiger partial charge in [-0.05, 0) is 87.2 Å². The zero-order valence-electron chi connectivity index (χ0n) is 33.3. The first-order valence-corrected chi connectivity index (χ1v) is 21.0. The molecule has 0 N–H and O–H groups in total. The maximum Gasteiger partial charge on any atom is 0.259 e. The molecule has 296 valence electrons. The number of hydrogen-bond acceptors (Lipinski definition) is 12. The Hall–Kier alpha value is -4.73. The van der Waals surface area contributed by atoms with Crippen molar-refractivity contribution in [1.82, 2.24) is 19.6 Å². The van der Waals surface area contributed by atoms with Crippen molar-refractivity contribution in [2.45, 2.75) is 64.8 Å². The highest BCUT2D eigenvalue weighted by Crippen LogP contribution is 2.52. The number of rotatable bonds is 15. The van der Waals surface area contributed by atoms with Crippen molar-refractivity contribution in [3.05, 3.63) is 119 Å². The molecule has 0 amide bonds. The zero-order chi connectivity index (χ0) is 40.1. The van der Waals surface area contributed by atoms with Crippen LogP contribution < -0.4 is 14.2 Å². The van der Waals surface area contributed by atoms with Gasteiger partial charge in [-0.15, -0.1) is 11.3 Å². The monoisotopic (exact) mass is 805 g/mol. The molecule has 4 unspecified atom stereocenters. The van der Waals surface area contributed by atoms with Gasteiger partial charge in [0.15, 0.2) is 0 Å². The fourth-order valence-electron chi connectivity index (χ4n) is 7.44. The number of nitriles is 1. The highest BCUT2D eigenvalue weighted by Gasteiger charge is 2.42. The number of ether oxygens (including phenoxy) is 4. The van der Waals surface area contributed by atoms with Crippen LogP contribution in [-0.4, -0.2) is 71.9 Å². The van der Waals surface area contributed by atoms with E-state index in [1.54, 1.807) is 20.5 Å². The summed E-state index contributed by atoms with van der Waals surface area (Å²) in [7, 11) is 1.77. The predicted molar refractivity (Wildman–Crippen MR) is 224 cm³/mol. The van der Waals surface area contributed by atoms with Crippen LogP contribution in [0, 0.1) is 31.1 Å². The van der Waals surface area contributed by atoms with Gasteiger partial charge in [0.05, 0.1) is 57.6 Å². The topological polar surface area (TPSA) is 121 Å². The van der Waals surface area contributed by atoms with Gasteiger partial charge in [-0.3, -0.25) is 0 Å². The van der Waals surface area contributed by atoms with E-state index in [2.05, 4.69) is 66.6 Å². The van der Waals surface area contributed by atoms with E-state index in [1.165, 1.54) is 11.3 Å². The molecule has 57 heavy (non-hydrogen) atoms. The number of pyridine rings is 1. The smallest absolute Gasteiger partial charge is 0.259 e. The SMILES string of the molecule is COc1ccc(C(OCC(CCOc2ncnc3c2sc2nc(C)cc(C)c23)OP2OCC(C#N)C(C)N2C(C)C)(c2ccccc2)c2ccc(OC)cc2)cc1. The van der Waals surface area contributed by atoms with Crippen LogP contribution in [0.2, 0.25) is 0 Å². The first-order valence-electron chi connectivity index (χ1n) is 19.1. The van der Waals surface area contributed by atoms with E-state index in [-0.39, 0.29) is 31.2 Å². The third-order valence-electron chi connectivity index (χ3n) is 10.3. The second-order valence-electron chi connectivity index (χ2n) is 14.4. The Labute approximate surface area is 339 Å². The summed E-state index contributed by atoms with van der Waals surface area (Å²) in [6, 6.07) is 30.6. The summed E-state index contributed by atoms with van der Waals surface area (Å²) in [5, 5.41) is 10.9. The fraction of sp³-hybridized carbons (Fsp3) is 0.364. The average molecular weight is 806 g/mol. The first kappa shape index (κ1) is 40.5. The van der Waals surface area contributed by atoms with Crippen molar-refractivity contribution in [3.63, 3.8) is 0 Å². The highest BCUT2D eigenvalue weighted by atomic mass is 32.1. The minimum Gasteiger partial charge on any atom is -0.497 e. The van der Waals surface area contributed by atoms with Crippen molar-refractivity contribution in [1.29, 1.82) is 5.26 Å². The lowest BCUT2D eigenvalue weighted by Gasteiger charge is -2.44. The second-order valence-corrected chi connectivity index (χ2v) is 16.8. The molecule has 7 rings (SSSR count). The molecule has 0 bridgehead atoms. The number of methoxy groups -OCH3 is 2. The molecule has 1 fully saturated rings. The summed E-state index contributed by atoms with van der Waals surface area (Å²) in [6.07, 6.45) is 1.51. The van der Waals surface area contributed by atoms with Gasteiger partial charge in [-0.2, -0.15) is 5.26 Å². The van der Waals surface area contributed by atoms with Crippen LogP contribution in [0.1, 0.15) is 55.1 Å². The maximum absolute atomic E-state index is 9.91. The highest BCUT2D eigenvalue weighted by molar-refractivity contribution is 7.44. The third-order valence-corrected chi connectivity index (χ3v) is 13.5. The molecule has 1 aliphatic heterocycles. The lowest BCUT2D eigenvalue weighted by atomic mass is 9.80. The van der Waals surface area contributed by atoms with Gasteiger partial charge >= 0.3 is 0 Å². The van der Waals surface area contributed by atoms with Crippen molar-refractivity contribution in [3.8, 4) is 23.4 Å². The van der Waals surface area contributed by atoms with E-state index in [0.29, 0.717) is 18.9 Å². The van der Waals surface area contributed by atoms with E-state index in [0.717, 1.165) is 59.9 Å². The summed E-state index contributed by atoms with van der Waals surface area (Å²) >= 11 is 1.54. The third kappa shape index (κ3) is 8.33. The summed E-state index contributed by atoms with van der Waals surface area (Å²) < 4.78 is 41.3. The molecular weight excluding hydrogens is 758 g/mol. The van der Waals surface area contributed by atoms with Gasteiger partial charge in [0.25, 0.3) is 8.53 Å². The number of aromatic nitrogens is 3. The van der Waals surface area contributed by atoms with Crippen LogP contribution in [0.15, 0.2) is 91.3 Å². The minimum atomic E-state index is -1.55. The molecule has 1 saturated heterocycles. The van der Waals surface area contributed by atoms with Crippen LogP contribution in [0.5, 0.6) is 17.4 Å². The molecule has 4 atom stereocenters. The number of nitrogens with zero attached hydrogens (tertiary/aromatic N) is 5. The fourth-order valence-corrected chi connectivity index (χ4v) is 10.5. The Bertz CT molecular complexity index is 2270. The van der Waals surface area contributed by atoms with Gasteiger partial charge in [-0.25, -0.2) is 19.6 Å². The summed E-state index contributed by atoms with van der Waals surface area (Å²) in [5.74, 6) is 1.71. The van der Waals surface area contributed by atoms with E-state index in [4.69, 9.17) is 33.0 Å². The Morgan fingerprint density at radius 3 is 2.21 bits per heavy atom. The van der Waals surface area contributed by atoms with Crippen LogP contribution in [0.25, 0.3) is 20.4 Å². The minimum absolute atomic E-state index is 0.0577. The van der Waals surface area contributed by atoms with Crippen molar-refractivity contribution >= 4 is 40.3 Å². The molecule has 3 aromatic carbocycles. The number of thiophene rings is 1. The molecule has 1 aliphatic rings. The van der Waals surface area contributed by atoms with Gasteiger partial charge in [0, 0.05) is 29.6 Å². The second kappa shape index (κ2) is 17.8. The van der Waals surface area contributed by atoms with Crippen LogP contribution in [0.3, 0.4) is 0 Å². The first-order chi connectivity index (χ1) is 27.7. The molecule has 4 heterocycles. The van der Waals surface area contributed by atoms with E-state index < -0.39 is 20.2 Å². The van der Waals surface area contributed by atoms with Gasteiger partial charge in [0.1, 0.15) is 33.0 Å². The normalized spacial score (nSPS) is 18.1. The van der Waals surface area contributed by atoms with Gasteiger partial charge in [-0.1, -0.05) is 54.6 Å². The molecule has 0 spiro atoms. The lowest BCUT2D eigenvalue weighted by Crippen LogP contribution is -2.45. The van der Waals surface area contributed by atoms with Crippen molar-refractivity contribution in [2.24, 2.45) is 5.92 Å². The van der Waals surface area contributed by atoms with Crippen molar-refractivity contribution in [2.75, 3.05) is 34.0 Å². The van der Waals surface area contributed by atoms with E-state index in [9.17, 15) is 5.26 Å². The van der Waals surface area contributed by atoms with E-state index >= 15 is 0 Å². The number of hydrogen-bond donors (Lipinski definition) is 0. The summed E-state index contributed by atoms with van der Waals surface area (Å²) in [5.41, 5.74) is 4.62. The standard InChI is InChI=1S/C44H48N5O6PS/c1-28(2)49-31(5)32(24-45)25-54-56(49)55-38(21-22-52-42-41-40(46-27-47-42)39-29(3)23-30(4)48-43(39)57-41)26-53-44(33-11-9-8-10-12-33,34-13-17-36(50-6)18-14-34)35-15-19-37(51-7)20-16-35/h8-20,23,27-28,31-32,38H,21-22,25-26H2,1-7H3. The van der Waals surface area contributed by atoms with Crippen LogP contribution in [-0.2, 0) is 19.4 Å². The number of fused-ring (bicyclic) bond motifs is 3. The van der Waals surface area contributed by atoms with Crippen LogP contribution in [0.4, 0.5) is 0 Å². The molecule has 0 radical (unpaired) electrons. The predicted octanol–water partition coefficient (Wildman–Crippen LogP) is 9.53. The average Bonchev–Trinajstić information content (AvgIpc) is 3.61. The molecule has 0 aliphatic carbocycles. The van der Waals surface area contributed by atoms with Crippen molar-refractivity contribution < 1.29 is 28.0 Å². The van der Waals surface area contributed by atoms with Gasteiger partial charge < -0.3 is 28.0 Å². The Morgan fingerprint density at radius 2 is 1.60 bits per heavy atom. The molecule has 13 heteroatoms. The number of benzene rings is 3. The summed E-state index contributed by atoms with van der Waals surface area (Å²) in [4.78, 5) is 14.9. The quantitative estimate of drug-likeness (QED) is 0.0729. The largest absolute Gasteiger partial charge is 0.497 e. The maximum atomic E-state index is 9.91. The summed E-state index contributed by atoms with van der Waals surface area (Å²) in [6.45, 7) is 11.1. The van der Waals surface area contributed by atoms with E-state index in [1.807, 2.05) is 73.7 Å². The lowest BCUT2D eigenvalue weighted by molar-refractivity contribution is -0.0423. The zero-order valence-corrected chi connectivity index (χ0v) is 35.1. The Balaban J connectivity index is 1.25. The van der Waals surface area contributed by atoms with Crippen LogP contribution >= 0.6 is 19.9 Å². The van der Waals surface area contributed by atoms with Gasteiger partial charge in [0.2, 0.25) is 5.88 Å². The Kier molecular flexibility index (Phi) is 12.7. The molecule has 3 aromatic heterocycles.